The Morgan fingerprint density at radius 3 is 2.76 bits per heavy atom. The number of carboxylic acids is 1. The van der Waals surface area contributed by atoms with E-state index in [0.717, 1.165) is 0 Å². The maximum atomic E-state index is 10.7. The van der Waals surface area contributed by atoms with E-state index in [1.807, 2.05) is 0 Å². The second-order valence-corrected chi connectivity index (χ2v) is 3.29. The van der Waals surface area contributed by atoms with Gasteiger partial charge in [-0.3, -0.25) is 0 Å². The van der Waals surface area contributed by atoms with Crippen molar-refractivity contribution in [2.45, 2.75) is 13.0 Å². The van der Waals surface area contributed by atoms with Crippen LogP contribution in [0.4, 0.5) is 5.82 Å². The molecule has 1 aromatic heterocycles. The molecular formula is C10H15N3O4. The molecule has 0 saturated heterocycles. The van der Waals surface area contributed by atoms with Gasteiger partial charge in [0.2, 0.25) is 5.88 Å². The van der Waals surface area contributed by atoms with E-state index < -0.39 is 12.1 Å². The predicted molar refractivity (Wildman–Crippen MR) is 60.2 cm³/mol. The molecule has 1 unspecified atom stereocenters. The molecule has 1 rings (SSSR count). The summed E-state index contributed by atoms with van der Waals surface area (Å²) in [5.41, 5.74) is 0. The summed E-state index contributed by atoms with van der Waals surface area (Å²) in [6.07, 6.45) is -0.920. The fourth-order valence-electron chi connectivity index (χ4n) is 1.20. The number of aliphatic carboxylic acids is 1. The van der Waals surface area contributed by atoms with Crippen LogP contribution in [0.15, 0.2) is 6.07 Å². The van der Waals surface area contributed by atoms with Gasteiger partial charge in [-0.25, -0.2) is 9.78 Å². The van der Waals surface area contributed by atoms with Gasteiger partial charge in [0, 0.05) is 13.2 Å². The van der Waals surface area contributed by atoms with Gasteiger partial charge in [0.1, 0.15) is 11.6 Å². The summed E-state index contributed by atoms with van der Waals surface area (Å²) in [4.78, 5) is 18.8. The standard InChI is InChI=1S/C10H15N3O4/c1-6-12-8(4-9(13-6)17-3)11-5-7(16-2)10(14)15/h4,7H,5H2,1-3H3,(H,14,15)(H,11,12,13). The third-order valence-electron chi connectivity index (χ3n) is 2.05. The minimum atomic E-state index is -1.03. The Hall–Kier alpha value is -1.89. The molecule has 0 bridgehead atoms. The molecule has 1 atom stereocenters. The van der Waals surface area contributed by atoms with Crippen LogP contribution in [0.5, 0.6) is 5.88 Å². The SMILES string of the molecule is COc1cc(NCC(OC)C(=O)O)nc(C)n1. The second-order valence-electron chi connectivity index (χ2n) is 3.29. The van der Waals surface area contributed by atoms with E-state index in [2.05, 4.69) is 15.3 Å². The number of carbonyl (C=O) groups is 1. The number of anilines is 1. The second kappa shape index (κ2) is 6.00. The number of carboxylic acid groups (broad SMARTS) is 1. The highest BCUT2D eigenvalue weighted by Crippen LogP contribution is 2.12. The molecule has 7 nitrogen and oxygen atoms in total. The van der Waals surface area contributed by atoms with Gasteiger partial charge in [-0.2, -0.15) is 4.98 Å². The number of aromatic nitrogens is 2. The molecule has 0 radical (unpaired) electrons. The van der Waals surface area contributed by atoms with Crippen LogP contribution in [0.3, 0.4) is 0 Å². The highest BCUT2D eigenvalue weighted by molar-refractivity contribution is 5.73. The number of methoxy groups -OCH3 is 2. The number of nitrogens with zero attached hydrogens (tertiary/aromatic N) is 2. The first-order chi connectivity index (χ1) is 8.06. The van der Waals surface area contributed by atoms with E-state index in [-0.39, 0.29) is 6.54 Å². The molecular weight excluding hydrogens is 226 g/mol. The number of ether oxygens (including phenoxy) is 2. The maximum absolute atomic E-state index is 10.7. The summed E-state index contributed by atoms with van der Waals surface area (Å²) in [5, 5.41) is 11.6. The van der Waals surface area contributed by atoms with Crippen LogP contribution in [0.1, 0.15) is 5.82 Å². The van der Waals surface area contributed by atoms with Gasteiger partial charge < -0.3 is 19.9 Å². The normalized spacial score (nSPS) is 11.9. The smallest absolute Gasteiger partial charge is 0.334 e. The van der Waals surface area contributed by atoms with Crippen molar-refractivity contribution in [1.29, 1.82) is 0 Å². The van der Waals surface area contributed by atoms with Gasteiger partial charge in [-0.05, 0) is 6.92 Å². The Morgan fingerprint density at radius 2 is 2.24 bits per heavy atom. The Bertz CT molecular complexity index is 397. The van der Waals surface area contributed by atoms with Crippen LogP contribution < -0.4 is 10.1 Å². The lowest BCUT2D eigenvalue weighted by Crippen LogP contribution is -2.30. The average Bonchev–Trinajstić information content (AvgIpc) is 2.28. The number of aryl methyl sites for hydroxylation is 1. The molecule has 0 aliphatic carbocycles. The maximum Gasteiger partial charge on any atom is 0.334 e. The van der Waals surface area contributed by atoms with Gasteiger partial charge in [0.05, 0.1) is 13.7 Å². The van der Waals surface area contributed by atoms with Gasteiger partial charge in [-0.1, -0.05) is 0 Å². The van der Waals surface area contributed by atoms with Crippen molar-refractivity contribution in [3.8, 4) is 5.88 Å². The first kappa shape index (κ1) is 13.2. The molecule has 0 fully saturated rings. The zero-order chi connectivity index (χ0) is 12.8. The quantitative estimate of drug-likeness (QED) is 0.740. The fourth-order valence-corrected chi connectivity index (χ4v) is 1.20. The monoisotopic (exact) mass is 241 g/mol. The molecule has 7 heteroatoms. The van der Waals surface area contributed by atoms with Crippen LogP contribution in [-0.4, -0.2) is 47.9 Å². The third-order valence-corrected chi connectivity index (χ3v) is 2.05. The zero-order valence-corrected chi connectivity index (χ0v) is 9.93. The molecule has 0 aliphatic heterocycles. The minimum Gasteiger partial charge on any atom is -0.481 e. The summed E-state index contributed by atoms with van der Waals surface area (Å²) >= 11 is 0. The lowest BCUT2D eigenvalue weighted by molar-refractivity contribution is -0.147. The molecule has 0 aromatic carbocycles. The van der Waals surface area contributed by atoms with Crippen LogP contribution in [0.25, 0.3) is 0 Å². The summed E-state index contributed by atoms with van der Waals surface area (Å²) in [5.74, 6) is 0.427. The summed E-state index contributed by atoms with van der Waals surface area (Å²) in [6.45, 7) is 1.84. The van der Waals surface area contributed by atoms with E-state index in [1.165, 1.54) is 14.2 Å². The zero-order valence-electron chi connectivity index (χ0n) is 9.93. The highest BCUT2D eigenvalue weighted by atomic mass is 16.5. The largest absolute Gasteiger partial charge is 0.481 e. The molecule has 2 N–H and O–H groups in total. The summed E-state index contributed by atoms with van der Waals surface area (Å²) in [6, 6.07) is 1.58. The van der Waals surface area contributed by atoms with Crippen LogP contribution in [-0.2, 0) is 9.53 Å². The summed E-state index contributed by atoms with van der Waals surface area (Å²) < 4.78 is 9.76. The first-order valence-electron chi connectivity index (χ1n) is 4.96. The Kier molecular flexibility index (Phi) is 4.65. The van der Waals surface area contributed by atoms with E-state index in [4.69, 9.17) is 14.6 Å². The lowest BCUT2D eigenvalue weighted by Gasteiger charge is -2.12. The lowest BCUT2D eigenvalue weighted by atomic mass is 10.3. The highest BCUT2D eigenvalue weighted by Gasteiger charge is 2.16. The molecule has 1 heterocycles. The van der Waals surface area contributed by atoms with Crippen LogP contribution in [0.2, 0.25) is 0 Å². The van der Waals surface area contributed by atoms with Crippen molar-refractivity contribution in [3.63, 3.8) is 0 Å². The third kappa shape index (κ3) is 3.87. The van der Waals surface area contributed by atoms with Gasteiger partial charge in [-0.15, -0.1) is 0 Å². The van der Waals surface area contributed by atoms with Gasteiger partial charge in [0.25, 0.3) is 0 Å². The van der Waals surface area contributed by atoms with Crippen molar-refractivity contribution in [3.05, 3.63) is 11.9 Å². The van der Waals surface area contributed by atoms with Crippen molar-refractivity contribution in [2.24, 2.45) is 0 Å². The van der Waals surface area contributed by atoms with E-state index in [0.29, 0.717) is 17.5 Å². The Balaban J connectivity index is 2.68. The Morgan fingerprint density at radius 1 is 1.53 bits per heavy atom. The topological polar surface area (TPSA) is 93.6 Å². The van der Waals surface area contributed by atoms with E-state index >= 15 is 0 Å². The first-order valence-corrected chi connectivity index (χ1v) is 4.96. The number of hydrogen-bond donors (Lipinski definition) is 2. The summed E-state index contributed by atoms with van der Waals surface area (Å²) in [7, 11) is 2.84. The average molecular weight is 241 g/mol. The van der Waals surface area contributed by atoms with Crippen LogP contribution >= 0.6 is 0 Å². The number of rotatable bonds is 6. The molecule has 17 heavy (non-hydrogen) atoms. The van der Waals surface area contributed by atoms with Crippen molar-refractivity contribution < 1.29 is 19.4 Å². The van der Waals surface area contributed by atoms with Crippen molar-refractivity contribution >= 4 is 11.8 Å². The molecule has 0 aliphatic rings. The number of nitrogens with one attached hydrogen (secondary N) is 1. The minimum absolute atomic E-state index is 0.117. The van der Waals surface area contributed by atoms with Crippen LogP contribution in [0, 0.1) is 6.92 Å². The van der Waals surface area contributed by atoms with E-state index in [9.17, 15) is 4.79 Å². The van der Waals surface area contributed by atoms with Crippen molar-refractivity contribution in [1.82, 2.24) is 9.97 Å². The van der Waals surface area contributed by atoms with E-state index in [1.54, 1.807) is 13.0 Å². The molecule has 0 saturated carbocycles. The molecule has 0 spiro atoms. The van der Waals surface area contributed by atoms with Gasteiger partial charge >= 0.3 is 5.97 Å². The number of hydrogen-bond acceptors (Lipinski definition) is 6. The Labute approximate surface area is 98.8 Å². The van der Waals surface area contributed by atoms with Crippen molar-refractivity contribution in [2.75, 3.05) is 26.1 Å². The predicted octanol–water partition coefficient (Wildman–Crippen LogP) is 0.305. The molecule has 0 amide bonds. The molecule has 1 aromatic rings. The van der Waals surface area contributed by atoms with Gasteiger partial charge in [0.15, 0.2) is 6.10 Å². The molecule has 94 valence electrons. The fraction of sp³-hybridized carbons (Fsp3) is 0.500.